The number of benzene rings is 1. The van der Waals surface area contributed by atoms with Crippen molar-refractivity contribution in [1.29, 1.82) is 5.26 Å². The number of carbonyl (C=O) groups excluding carboxylic acids is 1. The van der Waals surface area contributed by atoms with Gasteiger partial charge in [-0.1, -0.05) is 26.0 Å². The largest absolute Gasteiger partial charge is 0.325 e. The van der Waals surface area contributed by atoms with Gasteiger partial charge in [0.2, 0.25) is 5.91 Å². The highest BCUT2D eigenvalue weighted by molar-refractivity contribution is 5.92. The minimum atomic E-state index is -0.0830. The van der Waals surface area contributed by atoms with Gasteiger partial charge in [0.15, 0.2) is 0 Å². The lowest BCUT2D eigenvalue weighted by atomic mass is 10.1. The van der Waals surface area contributed by atoms with Gasteiger partial charge in [0.05, 0.1) is 19.2 Å². The Hall–Kier alpha value is -1.86. The summed E-state index contributed by atoms with van der Waals surface area (Å²) in [6.45, 7) is 5.23. The zero-order valence-corrected chi connectivity index (χ0v) is 10.9. The molecule has 1 rings (SSSR count). The van der Waals surface area contributed by atoms with E-state index < -0.39 is 0 Å². The maximum absolute atomic E-state index is 11.8. The fraction of sp³-hybridized carbons (Fsp3) is 0.429. The van der Waals surface area contributed by atoms with E-state index in [2.05, 4.69) is 18.3 Å². The maximum atomic E-state index is 11.8. The number of aryl methyl sites for hydroxylation is 1. The molecule has 4 heteroatoms. The molecule has 0 aliphatic carbocycles. The maximum Gasteiger partial charge on any atom is 0.238 e. The van der Waals surface area contributed by atoms with Crippen LogP contribution in [0.25, 0.3) is 0 Å². The van der Waals surface area contributed by atoms with Crippen molar-refractivity contribution in [3.63, 3.8) is 0 Å². The van der Waals surface area contributed by atoms with Crippen LogP contribution in [0.15, 0.2) is 24.3 Å². The minimum Gasteiger partial charge on any atom is -0.325 e. The number of hydrogen-bond acceptors (Lipinski definition) is 3. The van der Waals surface area contributed by atoms with Crippen LogP contribution in [0.2, 0.25) is 0 Å². The van der Waals surface area contributed by atoms with Crippen molar-refractivity contribution in [2.75, 3.05) is 25.0 Å². The molecular weight excluding hydrogens is 226 g/mol. The fourth-order valence-corrected chi connectivity index (χ4v) is 1.65. The second-order valence-electron chi connectivity index (χ2n) is 4.06. The summed E-state index contributed by atoms with van der Waals surface area (Å²) in [5.74, 6) is -0.0830. The molecule has 96 valence electrons. The summed E-state index contributed by atoms with van der Waals surface area (Å²) in [5.41, 5.74) is 2.00. The van der Waals surface area contributed by atoms with Gasteiger partial charge in [-0.2, -0.15) is 5.26 Å². The third kappa shape index (κ3) is 4.56. The molecule has 1 aromatic carbocycles. The standard InChI is InChI=1S/C14H19N3O/c1-3-12-6-5-7-13(10-12)16-14(18)11-17(4-2)9-8-15/h5-7,10H,3-4,9,11H2,1-2H3,(H,16,18). The molecule has 18 heavy (non-hydrogen) atoms. The number of carbonyl (C=O) groups is 1. The number of nitrogens with zero attached hydrogens (tertiary/aromatic N) is 2. The lowest BCUT2D eigenvalue weighted by Gasteiger charge is -2.16. The van der Waals surface area contributed by atoms with E-state index in [0.29, 0.717) is 6.54 Å². The first-order valence-corrected chi connectivity index (χ1v) is 6.17. The first-order valence-electron chi connectivity index (χ1n) is 6.17. The van der Waals surface area contributed by atoms with Gasteiger partial charge in [-0.05, 0) is 30.7 Å². The second-order valence-corrected chi connectivity index (χ2v) is 4.06. The van der Waals surface area contributed by atoms with Gasteiger partial charge in [-0.3, -0.25) is 9.69 Å². The van der Waals surface area contributed by atoms with Crippen molar-refractivity contribution in [2.24, 2.45) is 0 Å². The van der Waals surface area contributed by atoms with Gasteiger partial charge in [0, 0.05) is 5.69 Å². The summed E-state index contributed by atoms with van der Waals surface area (Å²) < 4.78 is 0. The molecule has 0 aromatic heterocycles. The molecule has 0 heterocycles. The first kappa shape index (κ1) is 14.2. The second kappa shape index (κ2) is 7.46. The van der Waals surface area contributed by atoms with Crippen LogP contribution in [0.4, 0.5) is 5.69 Å². The van der Waals surface area contributed by atoms with E-state index in [9.17, 15) is 4.79 Å². The molecule has 0 aliphatic rings. The molecule has 4 nitrogen and oxygen atoms in total. The number of anilines is 1. The quantitative estimate of drug-likeness (QED) is 0.780. The summed E-state index contributed by atoms with van der Waals surface area (Å²) >= 11 is 0. The van der Waals surface area contributed by atoms with Crippen LogP contribution in [0.1, 0.15) is 19.4 Å². The Morgan fingerprint density at radius 1 is 1.44 bits per heavy atom. The Balaban J connectivity index is 2.56. The summed E-state index contributed by atoms with van der Waals surface area (Å²) in [6.07, 6.45) is 0.944. The molecule has 1 amide bonds. The van der Waals surface area contributed by atoms with Gasteiger partial charge in [-0.15, -0.1) is 0 Å². The molecule has 0 bridgehead atoms. The first-order chi connectivity index (χ1) is 8.69. The van der Waals surface area contributed by atoms with Crippen molar-refractivity contribution in [1.82, 2.24) is 4.90 Å². The predicted molar refractivity (Wildman–Crippen MR) is 72.2 cm³/mol. The average Bonchev–Trinajstić information content (AvgIpc) is 2.38. The number of amides is 1. The van der Waals surface area contributed by atoms with E-state index >= 15 is 0 Å². The van der Waals surface area contributed by atoms with Crippen LogP contribution in [-0.4, -0.2) is 30.4 Å². The topological polar surface area (TPSA) is 56.1 Å². The molecule has 1 N–H and O–H groups in total. The van der Waals surface area contributed by atoms with Crippen molar-refractivity contribution < 1.29 is 4.79 Å². The Bertz CT molecular complexity index is 437. The van der Waals surface area contributed by atoms with Gasteiger partial charge in [0.1, 0.15) is 0 Å². The van der Waals surface area contributed by atoms with Crippen molar-refractivity contribution in [3.8, 4) is 6.07 Å². The van der Waals surface area contributed by atoms with Crippen LogP contribution in [0, 0.1) is 11.3 Å². The zero-order valence-electron chi connectivity index (χ0n) is 10.9. The molecule has 1 aromatic rings. The predicted octanol–water partition coefficient (Wildman–Crippen LogP) is 2.03. The molecule has 0 fully saturated rings. The molecule has 0 aliphatic heterocycles. The third-order valence-corrected chi connectivity index (χ3v) is 2.73. The van der Waals surface area contributed by atoms with E-state index in [1.165, 1.54) is 5.56 Å². The highest BCUT2D eigenvalue weighted by Crippen LogP contribution is 2.10. The lowest BCUT2D eigenvalue weighted by Crippen LogP contribution is -2.33. The number of nitrogens with one attached hydrogen (secondary N) is 1. The molecule has 0 saturated carbocycles. The molecule has 0 spiro atoms. The van der Waals surface area contributed by atoms with E-state index in [4.69, 9.17) is 5.26 Å². The Morgan fingerprint density at radius 2 is 2.22 bits per heavy atom. The zero-order chi connectivity index (χ0) is 13.4. The fourth-order valence-electron chi connectivity index (χ4n) is 1.65. The van der Waals surface area contributed by atoms with Crippen LogP contribution < -0.4 is 5.32 Å². The Kier molecular flexibility index (Phi) is 5.89. The SMILES string of the molecule is CCc1cccc(NC(=O)CN(CC)CC#N)c1. The highest BCUT2D eigenvalue weighted by atomic mass is 16.2. The monoisotopic (exact) mass is 245 g/mol. The van der Waals surface area contributed by atoms with Gasteiger partial charge in [-0.25, -0.2) is 0 Å². The summed E-state index contributed by atoms with van der Waals surface area (Å²) in [6, 6.07) is 9.86. The number of likely N-dealkylation sites (N-methyl/N-ethyl adjacent to an activating group) is 1. The number of hydrogen-bond donors (Lipinski definition) is 1. The van der Waals surface area contributed by atoms with Crippen LogP contribution >= 0.6 is 0 Å². The Morgan fingerprint density at radius 3 is 2.83 bits per heavy atom. The molecule has 0 unspecified atom stereocenters. The normalized spacial score (nSPS) is 10.1. The lowest BCUT2D eigenvalue weighted by molar-refractivity contribution is -0.117. The van der Waals surface area contributed by atoms with Gasteiger partial charge in [0.25, 0.3) is 0 Å². The summed E-state index contributed by atoms with van der Waals surface area (Å²) in [7, 11) is 0. The summed E-state index contributed by atoms with van der Waals surface area (Å²) in [5, 5.41) is 11.5. The van der Waals surface area contributed by atoms with E-state index in [0.717, 1.165) is 12.1 Å². The molecule has 0 radical (unpaired) electrons. The summed E-state index contributed by atoms with van der Waals surface area (Å²) in [4.78, 5) is 13.6. The number of nitriles is 1. The van der Waals surface area contributed by atoms with Crippen LogP contribution in [0.3, 0.4) is 0 Å². The van der Waals surface area contributed by atoms with E-state index in [-0.39, 0.29) is 19.0 Å². The molecular formula is C14H19N3O. The van der Waals surface area contributed by atoms with Gasteiger partial charge < -0.3 is 5.32 Å². The Labute approximate surface area is 108 Å². The highest BCUT2D eigenvalue weighted by Gasteiger charge is 2.08. The number of rotatable bonds is 6. The van der Waals surface area contributed by atoms with Crippen molar-refractivity contribution in [2.45, 2.75) is 20.3 Å². The molecule has 0 saturated heterocycles. The third-order valence-electron chi connectivity index (χ3n) is 2.73. The average molecular weight is 245 g/mol. The smallest absolute Gasteiger partial charge is 0.238 e. The van der Waals surface area contributed by atoms with Crippen molar-refractivity contribution >= 4 is 11.6 Å². The molecule has 0 atom stereocenters. The van der Waals surface area contributed by atoms with E-state index in [1.54, 1.807) is 4.90 Å². The van der Waals surface area contributed by atoms with Gasteiger partial charge >= 0.3 is 0 Å². The van der Waals surface area contributed by atoms with E-state index in [1.807, 2.05) is 31.2 Å². The van der Waals surface area contributed by atoms with Crippen LogP contribution in [0.5, 0.6) is 0 Å². The van der Waals surface area contributed by atoms with Crippen LogP contribution in [-0.2, 0) is 11.2 Å². The minimum absolute atomic E-state index is 0.0830. The van der Waals surface area contributed by atoms with Crippen molar-refractivity contribution in [3.05, 3.63) is 29.8 Å².